The second-order valence-corrected chi connectivity index (χ2v) is 12.9. The minimum atomic E-state index is -4.83. The predicted molar refractivity (Wildman–Crippen MR) is 178 cm³/mol. The summed E-state index contributed by atoms with van der Waals surface area (Å²) in [5.74, 6) is 0. The van der Waals surface area contributed by atoms with Crippen LogP contribution in [0, 0.1) is 0 Å². The summed E-state index contributed by atoms with van der Waals surface area (Å²) in [4.78, 5) is 25.4. The van der Waals surface area contributed by atoms with E-state index in [9.17, 15) is 26.4 Å². The molecular formula is C32H28N6O6S2. The smallest absolute Gasteiger partial charge is 0.308 e. The molecule has 0 aliphatic heterocycles. The molecule has 0 spiro atoms. The first kappa shape index (κ1) is 31.9. The molecular weight excluding hydrogens is 629 g/mol. The van der Waals surface area contributed by atoms with Crippen LogP contribution >= 0.6 is 0 Å². The molecule has 5 aromatic rings. The molecule has 234 valence electrons. The molecule has 12 nitrogen and oxygen atoms in total. The second kappa shape index (κ2) is 13.2. The Morgan fingerprint density at radius 3 is 1.07 bits per heavy atom. The van der Waals surface area contributed by atoms with Crippen LogP contribution in [0.25, 0.3) is 22.3 Å². The molecule has 0 aliphatic rings. The zero-order chi connectivity index (χ0) is 32.9. The minimum absolute atomic E-state index is 0.0770. The van der Waals surface area contributed by atoms with E-state index < -0.39 is 58.8 Å². The van der Waals surface area contributed by atoms with E-state index in [1.165, 1.54) is 24.3 Å². The number of para-hydroxylation sites is 2. The van der Waals surface area contributed by atoms with Crippen molar-refractivity contribution in [2.75, 3.05) is 21.3 Å². The van der Waals surface area contributed by atoms with Crippen LogP contribution in [-0.4, -0.2) is 28.9 Å². The highest BCUT2D eigenvalue weighted by atomic mass is 32.2. The predicted octanol–water partition coefficient (Wildman–Crippen LogP) is 5.60. The molecule has 0 radical (unpaired) electrons. The Labute approximate surface area is 265 Å². The highest BCUT2D eigenvalue weighted by Gasteiger charge is 2.36. The SMILES string of the molecule is NS(=O)(=O)c1c(NC(=O)Nc2ccccc2)c(-c2ccccc2)c(NC(=O)Nc2ccccc2)c(S(N)(=O)=O)c1-c1ccccc1. The lowest BCUT2D eigenvalue weighted by molar-refractivity contribution is 0.261. The standard InChI is InChI=1S/C32H28N6O6S2/c33-45(41,42)29-26(22-15-7-2-8-16-22)30(46(34,43)44)28(38-32(40)36-24-19-11-4-12-20-24)25(21-13-5-1-6-14-21)27(29)37-31(39)35-23-17-9-3-10-18-23/h1-20H,(H2,33,41,42)(H2,34,43,44)(H2,35,37,39)(H2,36,38,40). The van der Waals surface area contributed by atoms with Crippen molar-refractivity contribution in [1.82, 2.24) is 0 Å². The number of benzene rings is 5. The molecule has 0 unspecified atom stereocenters. The molecule has 0 aliphatic carbocycles. The van der Waals surface area contributed by atoms with Crippen molar-refractivity contribution in [2.45, 2.75) is 9.79 Å². The Balaban J connectivity index is 1.89. The van der Waals surface area contributed by atoms with Crippen molar-refractivity contribution >= 4 is 54.9 Å². The van der Waals surface area contributed by atoms with Crippen LogP contribution in [0.15, 0.2) is 131 Å². The van der Waals surface area contributed by atoms with E-state index in [1.54, 1.807) is 97.1 Å². The van der Waals surface area contributed by atoms with Crippen LogP contribution in [0.4, 0.5) is 32.3 Å². The summed E-state index contributed by atoms with van der Waals surface area (Å²) in [6, 6.07) is 30.5. The van der Waals surface area contributed by atoms with Gasteiger partial charge in [-0.2, -0.15) is 0 Å². The average Bonchev–Trinajstić information content (AvgIpc) is 3.01. The van der Waals surface area contributed by atoms with Gasteiger partial charge in [0.05, 0.1) is 11.4 Å². The number of carbonyl (C=O) groups is 2. The first-order chi connectivity index (χ1) is 21.9. The summed E-state index contributed by atoms with van der Waals surface area (Å²) in [6.07, 6.45) is 0. The maximum absolute atomic E-state index is 13.5. The number of carbonyl (C=O) groups excluding carboxylic acids is 2. The van der Waals surface area contributed by atoms with Crippen LogP contribution in [0.3, 0.4) is 0 Å². The van der Waals surface area contributed by atoms with Crippen LogP contribution in [0.2, 0.25) is 0 Å². The van der Waals surface area contributed by atoms with E-state index >= 15 is 0 Å². The maximum Gasteiger partial charge on any atom is 0.323 e. The molecule has 0 aromatic heterocycles. The Bertz CT molecular complexity index is 2000. The summed E-state index contributed by atoms with van der Waals surface area (Å²) in [5.41, 5.74) is -0.371. The number of nitrogens with one attached hydrogen (secondary N) is 4. The van der Waals surface area contributed by atoms with E-state index in [1.807, 2.05) is 0 Å². The number of urea groups is 2. The topological polar surface area (TPSA) is 203 Å². The molecule has 4 amide bonds. The van der Waals surface area contributed by atoms with Crippen molar-refractivity contribution in [3.05, 3.63) is 121 Å². The van der Waals surface area contributed by atoms with Crippen LogP contribution in [0.5, 0.6) is 0 Å². The van der Waals surface area contributed by atoms with Gasteiger partial charge < -0.3 is 21.3 Å². The van der Waals surface area contributed by atoms with Crippen molar-refractivity contribution in [2.24, 2.45) is 10.3 Å². The van der Waals surface area contributed by atoms with Crippen LogP contribution in [-0.2, 0) is 20.0 Å². The van der Waals surface area contributed by atoms with Gasteiger partial charge in [0.1, 0.15) is 9.79 Å². The molecule has 0 saturated heterocycles. The summed E-state index contributed by atoms with van der Waals surface area (Å²) in [5, 5.41) is 22.0. The molecule has 5 rings (SSSR count). The molecule has 0 saturated carbocycles. The number of hydrogen-bond donors (Lipinski definition) is 6. The largest absolute Gasteiger partial charge is 0.323 e. The summed E-state index contributed by atoms with van der Waals surface area (Å²) < 4.78 is 54.0. The lowest BCUT2D eigenvalue weighted by Gasteiger charge is -2.26. The van der Waals surface area contributed by atoms with Crippen molar-refractivity contribution in [3.8, 4) is 22.3 Å². The fourth-order valence-corrected chi connectivity index (χ4v) is 6.82. The van der Waals surface area contributed by atoms with Gasteiger partial charge in [-0.05, 0) is 35.4 Å². The van der Waals surface area contributed by atoms with E-state index in [2.05, 4.69) is 21.3 Å². The molecule has 0 heterocycles. The Hall–Kier alpha value is -5.54. The maximum atomic E-state index is 13.5. The van der Waals surface area contributed by atoms with Crippen molar-refractivity contribution in [1.29, 1.82) is 0 Å². The molecule has 0 fully saturated rings. The molecule has 14 heteroatoms. The Morgan fingerprint density at radius 2 is 0.739 bits per heavy atom. The highest BCUT2D eigenvalue weighted by Crippen LogP contribution is 2.49. The summed E-state index contributed by atoms with van der Waals surface area (Å²) in [6.45, 7) is 0. The zero-order valence-electron chi connectivity index (χ0n) is 24.0. The van der Waals surface area contributed by atoms with Gasteiger partial charge in [-0.1, -0.05) is 97.1 Å². The number of anilines is 4. The molecule has 5 aromatic carbocycles. The number of rotatable bonds is 8. The lowest BCUT2D eigenvalue weighted by atomic mass is 9.95. The fourth-order valence-electron chi connectivity index (χ4n) is 4.87. The van der Waals surface area contributed by atoms with Crippen molar-refractivity contribution < 1.29 is 26.4 Å². The van der Waals surface area contributed by atoms with Crippen molar-refractivity contribution in [3.63, 3.8) is 0 Å². The Morgan fingerprint density at radius 1 is 0.435 bits per heavy atom. The van der Waals surface area contributed by atoms with Gasteiger partial charge in [0, 0.05) is 22.5 Å². The van der Waals surface area contributed by atoms with Gasteiger partial charge in [0.2, 0.25) is 20.0 Å². The number of nitrogens with two attached hydrogens (primary N) is 2. The number of amides is 4. The minimum Gasteiger partial charge on any atom is -0.308 e. The van der Waals surface area contributed by atoms with Crippen LogP contribution in [0.1, 0.15) is 0 Å². The third kappa shape index (κ3) is 7.22. The number of hydrogen-bond acceptors (Lipinski definition) is 6. The number of sulfonamides is 2. The van der Waals surface area contributed by atoms with E-state index in [4.69, 9.17) is 10.3 Å². The van der Waals surface area contributed by atoms with E-state index in [-0.39, 0.29) is 16.7 Å². The third-order valence-corrected chi connectivity index (χ3v) is 8.60. The van der Waals surface area contributed by atoms with Gasteiger partial charge in [0.25, 0.3) is 0 Å². The summed E-state index contributed by atoms with van der Waals surface area (Å²) in [7, 11) is -9.66. The zero-order valence-corrected chi connectivity index (χ0v) is 25.6. The first-order valence-electron chi connectivity index (χ1n) is 13.6. The van der Waals surface area contributed by atoms with E-state index in [0.717, 1.165) is 0 Å². The van der Waals surface area contributed by atoms with Crippen LogP contribution < -0.4 is 31.5 Å². The van der Waals surface area contributed by atoms with Gasteiger partial charge in [-0.15, -0.1) is 0 Å². The molecule has 0 atom stereocenters. The quantitative estimate of drug-likeness (QED) is 0.125. The number of primary sulfonamides is 2. The molecule has 46 heavy (non-hydrogen) atoms. The summed E-state index contributed by atoms with van der Waals surface area (Å²) >= 11 is 0. The monoisotopic (exact) mass is 656 g/mol. The fraction of sp³-hybridized carbons (Fsp3) is 0. The van der Waals surface area contributed by atoms with E-state index in [0.29, 0.717) is 11.4 Å². The van der Waals surface area contributed by atoms with Gasteiger partial charge in [-0.25, -0.2) is 36.7 Å². The van der Waals surface area contributed by atoms with Gasteiger partial charge in [0.15, 0.2) is 0 Å². The second-order valence-electron chi connectivity index (χ2n) is 9.87. The lowest BCUT2D eigenvalue weighted by Crippen LogP contribution is -2.28. The normalized spacial score (nSPS) is 11.3. The third-order valence-electron chi connectivity index (χ3n) is 6.64. The van der Waals surface area contributed by atoms with Gasteiger partial charge in [-0.3, -0.25) is 0 Å². The Kier molecular flexibility index (Phi) is 9.16. The van der Waals surface area contributed by atoms with Gasteiger partial charge >= 0.3 is 12.1 Å². The molecule has 8 N–H and O–H groups in total. The first-order valence-corrected chi connectivity index (χ1v) is 16.7. The molecule has 0 bridgehead atoms. The highest BCUT2D eigenvalue weighted by molar-refractivity contribution is 7.90. The average molecular weight is 657 g/mol.